The Labute approximate surface area is 256 Å². The number of nitrogens with one attached hydrogen (secondary N) is 3. The first kappa shape index (κ1) is 37.2. The topological polar surface area (TPSA) is 244 Å². The number of ether oxygens (including phenoxy) is 1. The van der Waals surface area contributed by atoms with Crippen LogP contribution in [0.5, 0.6) is 0 Å². The van der Waals surface area contributed by atoms with Crippen molar-refractivity contribution >= 4 is 63.8 Å². The van der Waals surface area contributed by atoms with Crippen molar-refractivity contribution in [2.24, 2.45) is 11.7 Å². The Kier molecular flexibility index (Phi) is 15.0. The van der Waals surface area contributed by atoms with E-state index in [0.29, 0.717) is 17.2 Å². The summed E-state index contributed by atoms with van der Waals surface area (Å²) in [7, 11) is 0. The molecule has 0 radical (unpaired) electrons. The van der Waals surface area contributed by atoms with Crippen molar-refractivity contribution in [1.29, 1.82) is 0 Å². The van der Waals surface area contributed by atoms with Crippen LogP contribution in [-0.4, -0.2) is 85.4 Å². The molecule has 2 rings (SSSR count). The highest BCUT2D eigenvalue weighted by atomic mass is 32.2. The summed E-state index contributed by atoms with van der Waals surface area (Å²) in [4.78, 5) is 85.4. The van der Waals surface area contributed by atoms with Crippen molar-refractivity contribution in [3.8, 4) is 0 Å². The zero-order valence-corrected chi connectivity index (χ0v) is 26.0. The van der Waals surface area contributed by atoms with E-state index in [1.165, 1.54) is 25.2 Å². The highest BCUT2D eigenvalue weighted by Crippen LogP contribution is 2.15. The van der Waals surface area contributed by atoms with Crippen molar-refractivity contribution in [3.05, 3.63) is 28.2 Å². The lowest BCUT2D eigenvalue weighted by Gasteiger charge is -2.29. The Balaban J connectivity index is 0.00000139. The van der Waals surface area contributed by atoms with E-state index in [9.17, 15) is 24.0 Å². The third kappa shape index (κ3) is 13.3. The van der Waals surface area contributed by atoms with E-state index in [0.717, 1.165) is 11.8 Å². The Hall–Kier alpha value is -3.83. The Bertz CT molecular complexity index is 1220. The predicted molar refractivity (Wildman–Crippen MR) is 157 cm³/mol. The van der Waals surface area contributed by atoms with Crippen LogP contribution in [0.3, 0.4) is 0 Å². The molecule has 17 heteroatoms. The molecule has 3 atom stereocenters. The summed E-state index contributed by atoms with van der Waals surface area (Å²) in [6.07, 6.45) is 2.78. The molecule has 1 aromatic heterocycles. The number of cyclic esters (lactones) is 1. The molecule has 0 fully saturated rings. The zero-order valence-electron chi connectivity index (χ0n) is 24.4. The molecular weight excluding hydrogens is 606 g/mol. The number of rotatable bonds is 6. The minimum absolute atomic E-state index is 0.0929. The van der Waals surface area contributed by atoms with Crippen molar-refractivity contribution in [2.75, 3.05) is 5.75 Å². The molecular formula is C26H37N5O10S2. The molecule has 43 heavy (non-hydrogen) atoms. The van der Waals surface area contributed by atoms with Crippen molar-refractivity contribution in [1.82, 2.24) is 20.9 Å². The van der Waals surface area contributed by atoms with Gasteiger partial charge in [-0.1, -0.05) is 31.7 Å². The van der Waals surface area contributed by atoms with Gasteiger partial charge in [-0.25, -0.2) is 19.4 Å². The number of carbonyl (C=O) groups is 7. The maximum Gasteiger partial charge on any atom is 0.414 e. The number of hydrogen-bond donors (Lipinski definition) is 6. The number of carboxylic acids is 2. The predicted octanol–water partition coefficient (Wildman–Crippen LogP) is 0.433. The number of hydrogen-bond acceptors (Lipinski definition) is 12. The number of fused-ring (bicyclic) bond motifs is 2. The fourth-order valence-corrected chi connectivity index (χ4v) is 4.56. The molecule has 0 unspecified atom stereocenters. The smallest absolute Gasteiger partial charge is 0.414 e. The van der Waals surface area contributed by atoms with Crippen molar-refractivity contribution in [2.45, 2.75) is 77.7 Å². The van der Waals surface area contributed by atoms with Gasteiger partial charge >= 0.3 is 17.9 Å². The third-order valence-corrected chi connectivity index (χ3v) is 7.46. The second-order valence-corrected chi connectivity index (χ2v) is 12.2. The molecule has 0 aliphatic carbocycles. The summed E-state index contributed by atoms with van der Waals surface area (Å²) >= 11 is 2.31. The number of carboxylic acid groups (broad SMARTS) is 2. The first-order valence-corrected chi connectivity index (χ1v) is 14.9. The molecule has 0 spiro atoms. The first-order chi connectivity index (χ1) is 19.9. The summed E-state index contributed by atoms with van der Waals surface area (Å²) in [5.41, 5.74) is 4.35. The van der Waals surface area contributed by atoms with Crippen LogP contribution in [0.15, 0.2) is 17.5 Å². The number of thiazole rings is 1. The standard InChI is InChI=1S/C24H35N5O6S2.C2H2O4/c1-13(2)19-21(32)35-15(8-6-7-9-36-22(33)14(3)25)10-17(30)26-11-18-27-16(12-37-18)20(31)29-24(4,5)23(34)28-19;3-1(4)2(5)6/h6,8,12-15,19H,7,9-11,25H2,1-5H3,(H,26,30)(H,28,34)(H,29,31);(H,3,4)(H,5,6)/b8-6+;/t14-,15-,19+;/m1./s1. The molecule has 0 saturated heterocycles. The van der Waals surface area contributed by atoms with Crippen LogP contribution >= 0.6 is 23.1 Å². The van der Waals surface area contributed by atoms with Crippen LogP contribution in [0.4, 0.5) is 0 Å². The number of aliphatic carboxylic acids is 2. The van der Waals surface area contributed by atoms with Gasteiger partial charge in [-0.05, 0) is 39.2 Å². The van der Waals surface area contributed by atoms with E-state index in [-0.39, 0.29) is 35.6 Å². The number of esters is 1. The van der Waals surface area contributed by atoms with Crippen LogP contribution in [0.1, 0.15) is 63.0 Å². The normalized spacial score (nSPS) is 20.2. The van der Waals surface area contributed by atoms with Crippen molar-refractivity contribution in [3.63, 3.8) is 0 Å². The molecule has 0 saturated carbocycles. The molecule has 1 aromatic rings. The lowest BCUT2D eigenvalue weighted by atomic mass is 9.99. The number of amides is 3. The SMILES string of the molecule is CC(C)[C@@H]1NC(=O)C(C)(C)NC(=O)c2csc(n2)CNC(=O)C[C@@H](/C=C/CCSC(=O)[C@@H](C)N)OC1=O.O=C(O)C(=O)O. The van der Waals surface area contributed by atoms with Gasteiger partial charge in [0, 0.05) is 11.1 Å². The van der Waals surface area contributed by atoms with Gasteiger partial charge in [-0.15, -0.1) is 11.3 Å². The molecule has 1 aliphatic heterocycles. The molecule has 2 heterocycles. The second kappa shape index (κ2) is 17.3. The molecule has 238 valence electrons. The van der Waals surface area contributed by atoms with Gasteiger partial charge < -0.3 is 36.6 Å². The van der Waals surface area contributed by atoms with Gasteiger partial charge in [0.15, 0.2) is 0 Å². The summed E-state index contributed by atoms with van der Waals surface area (Å²) in [6, 6.07) is -1.57. The molecule has 7 N–H and O–H groups in total. The average molecular weight is 644 g/mol. The van der Waals surface area contributed by atoms with E-state index >= 15 is 0 Å². The van der Waals surface area contributed by atoms with Crippen LogP contribution in [0, 0.1) is 5.92 Å². The van der Waals surface area contributed by atoms with Crippen LogP contribution in [0.25, 0.3) is 0 Å². The van der Waals surface area contributed by atoms with E-state index in [1.807, 2.05) is 0 Å². The average Bonchev–Trinajstić information content (AvgIpc) is 3.38. The number of nitrogens with zero attached hydrogens (tertiary/aromatic N) is 1. The maximum absolute atomic E-state index is 13.1. The van der Waals surface area contributed by atoms with E-state index < -0.39 is 53.4 Å². The Morgan fingerprint density at radius 1 is 1.19 bits per heavy atom. The van der Waals surface area contributed by atoms with Gasteiger partial charge in [-0.2, -0.15) is 0 Å². The lowest BCUT2D eigenvalue weighted by Crippen LogP contribution is -2.59. The highest BCUT2D eigenvalue weighted by Gasteiger charge is 2.36. The van der Waals surface area contributed by atoms with Gasteiger partial charge in [0.1, 0.15) is 28.4 Å². The summed E-state index contributed by atoms with van der Waals surface area (Å²) < 4.78 is 5.63. The fourth-order valence-electron chi connectivity index (χ4n) is 3.13. The monoisotopic (exact) mass is 643 g/mol. The number of nitrogens with two attached hydrogens (primary N) is 1. The second-order valence-electron chi connectivity index (χ2n) is 10.1. The lowest BCUT2D eigenvalue weighted by molar-refractivity contribution is -0.159. The van der Waals surface area contributed by atoms with Gasteiger partial charge in [0.05, 0.1) is 19.0 Å². The quantitative estimate of drug-likeness (QED) is 0.107. The fraction of sp³-hybridized carbons (Fsp3) is 0.538. The summed E-state index contributed by atoms with van der Waals surface area (Å²) in [6.45, 7) is 8.26. The largest absolute Gasteiger partial charge is 0.473 e. The number of aromatic nitrogens is 1. The molecule has 0 aromatic carbocycles. The van der Waals surface area contributed by atoms with Crippen LogP contribution in [0.2, 0.25) is 0 Å². The minimum atomic E-state index is -1.82. The van der Waals surface area contributed by atoms with Gasteiger partial charge in [-0.3, -0.25) is 19.2 Å². The summed E-state index contributed by atoms with van der Waals surface area (Å²) in [5.74, 6) is -5.70. The van der Waals surface area contributed by atoms with Crippen LogP contribution in [-0.2, 0) is 40.0 Å². The van der Waals surface area contributed by atoms with Crippen LogP contribution < -0.4 is 21.7 Å². The Morgan fingerprint density at radius 3 is 2.37 bits per heavy atom. The zero-order chi connectivity index (χ0) is 32.9. The first-order valence-electron chi connectivity index (χ1n) is 13.0. The number of thioether (sulfide) groups is 1. The summed E-state index contributed by atoms with van der Waals surface area (Å²) in [5, 5.41) is 24.7. The highest BCUT2D eigenvalue weighted by molar-refractivity contribution is 8.13. The van der Waals surface area contributed by atoms with E-state index in [1.54, 1.807) is 38.3 Å². The molecule has 1 aliphatic rings. The number of allylic oxidation sites excluding steroid dienone is 1. The molecule has 3 amide bonds. The molecule has 2 bridgehead atoms. The van der Waals surface area contributed by atoms with Crippen molar-refractivity contribution < 1.29 is 48.5 Å². The minimum Gasteiger partial charge on any atom is -0.473 e. The third-order valence-electron chi connectivity index (χ3n) is 5.51. The van der Waals surface area contributed by atoms with E-state index in [2.05, 4.69) is 20.9 Å². The number of carbonyl (C=O) groups excluding carboxylic acids is 5. The molecule has 15 nitrogen and oxygen atoms in total. The maximum atomic E-state index is 13.1. The Morgan fingerprint density at radius 2 is 1.81 bits per heavy atom. The van der Waals surface area contributed by atoms with E-state index in [4.69, 9.17) is 30.3 Å². The van der Waals surface area contributed by atoms with Gasteiger partial charge in [0.2, 0.25) is 16.9 Å². The van der Waals surface area contributed by atoms with Gasteiger partial charge in [0.25, 0.3) is 5.91 Å².